The van der Waals surface area contributed by atoms with Gasteiger partial charge in [0.1, 0.15) is 0 Å². The molecule has 0 saturated carbocycles. The maximum absolute atomic E-state index is 12.6. The van der Waals surface area contributed by atoms with E-state index < -0.39 is 0 Å². The molecule has 0 saturated heterocycles. The van der Waals surface area contributed by atoms with Crippen molar-refractivity contribution in [2.75, 3.05) is 6.61 Å². The number of pyridine rings is 1. The van der Waals surface area contributed by atoms with E-state index in [9.17, 15) is 9.90 Å². The molecule has 2 heterocycles. The van der Waals surface area contributed by atoms with E-state index in [2.05, 4.69) is 16.4 Å². The number of carbonyl (C=O) groups excluding carboxylic acids is 1. The molecule has 0 aromatic carbocycles. The maximum atomic E-state index is 12.6. The number of aliphatic hydroxyl groups is 1. The van der Waals surface area contributed by atoms with Crippen LogP contribution in [0.1, 0.15) is 36.6 Å². The van der Waals surface area contributed by atoms with Crippen molar-refractivity contribution >= 4 is 17.2 Å². The standard InChI is InChI=1S/C18H24N2O2S/c1-2-16(14-21)20(13-15-6-4-10-19-12-15)18(22)9-3-7-17-8-5-11-23-17/h4-6,8,10-12,16,21H,2-3,7,9,13-14H2,1H3. The molecule has 2 rings (SSSR count). The van der Waals surface area contributed by atoms with Gasteiger partial charge < -0.3 is 10.0 Å². The Morgan fingerprint density at radius 2 is 2.26 bits per heavy atom. The van der Waals surface area contributed by atoms with E-state index >= 15 is 0 Å². The zero-order chi connectivity index (χ0) is 16.5. The number of aliphatic hydroxyl groups excluding tert-OH is 1. The summed E-state index contributed by atoms with van der Waals surface area (Å²) >= 11 is 1.73. The van der Waals surface area contributed by atoms with Gasteiger partial charge in [-0.3, -0.25) is 9.78 Å². The van der Waals surface area contributed by atoms with Crippen molar-refractivity contribution in [3.8, 4) is 0 Å². The molecule has 0 bridgehead atoms. The highest BCUT2D eigenvalue weighted by Gasteiger charge is 2.21. The quantitative estimate of drug-likeness (QED) is 0.767. The van der Waals surface area contributed by atoms with E-state index in [0.29, 0.717) is 13.0 Å². The van der Waals surface area contributed by atoms with Crippen molar-refractivity contribution in [3.05, 3.63) is 52.5 Å². The van der Waals surface area contributed by atoms with E-state index in [-0.39, 0.29) is 18.6 Å². The van der Waals surface area contributed by atoms with Gasteiger partial charge in [-0.05, 0) is 42.3 Å². The number of nitrogens with zero attached hydrogens (tertiary/aromatic N) is 2. The molecule has 124 valence electrons. The third kappa shape index (κ3) is 5.44. The summed E-state index contributed by atoms with van der Waals surface area (Å²) in [5.41, 5.74) is 0.992. The fourth-order valence-electron chi connectivity index (χ4n) is 2.57. The van der Waals surface area contributed by atoms with Crippen molar-refractivity contribution in [2.45, 2.75) is 45.2 Å². The highest BCUT2D eigenvalue weighted by molar-refractivity contribution is 7.09. The zero-order valence-corrected chi connectivity index (χ0v) is 14.3. The van der Waals surface area contributed by atoms with Gasteiger partial charge in [-0.15, -0.1) is 11.3 Å². The van der Waals surface area contributed by atoms with Crippen LogP contribution in [0.4, 0.5) is 0 Å². The Bertz CT molecular complexity index is 568. The van der Waals surface area contributed by atoms with Gasteiger partial charge >= 0.3 is 0 Å². The number of hydrogen-bond acceptors (Lipinski definition) is 4. The lowest BCUT2D eigenvalue weighted by Crippen LogP contribution is -2.41. The van der Waals surface area contributed by atoms with E-state index in [1.807, 2.05) is 25.1 Å². The summed E-state index contributed by atoms with van der Waals surface area (Å²) in [6.45, 7) is 2.49. The van der Waals surface area contributed by atoms with Crippen LogP contribution in [0.5, 0.6) is 0 Å². The average Bonchev–Trinajstić information content (AvgIpc) is 3.09. The predicted molar refractivity (Wildman–Crippen MR) is 93.2 cm³/mol. The van der Waals surface area contributed by atoms with Crippen LogP contribution in [0.25, 0.3) is 0 Å². The Morgan fingerprint density at radius 1 is 1.39 bits per heavy atom. The Kier molecular flexibility index (Phi) is 7.23. The van der Waals surface area contributed by atoms with Crippen LogP contribution in [0.2, 0.25) is 0 Å². The Labute approximate surface area is 141 Å². The molecule has 0 fully saturated rings. The molecule has 23 heavy (non-hydrogen) atoms. The van der Waals surface area contributed by atoms with Gasteiger partial charge in [0, 0.05) is 30.2 Å². The largest absolute Gasteiger partial charge is 0.394 e. The summed E-state index contributed by atoms with van der Waals surface area (Å²) in [5.74, 6) is 0.103. The summed E-state index contributed by atoms with van der Waals surface area (Å²) in [6, 6.07) is 7.84. The van der Waals surface area contributed by atoms with Gasteiger partial charge in [0.05, 0.1) is 12.6 Å². The first-order valence-electron chi connectivity index (χ1n) is 8.06. The predicted octanol–water partition coefficient (Wildman–Crippen LogP) is 3.27. The first-order chi connectivity index (χ1) is 11.2. The van der Waals surface area contributed by atoms with Crippen molar-refractivity contribution in [1.29, 1.82) is 0 Å². The van der Waals surface area contributed by atoms with Crippen LogP contribution in [-0.2, 0) is 17.8 Å². The van der Waals surface area contributed by atoms with E-state index in [1.54, 1.807) is 28.6 Å². The molecule has 4 nitrogen and oxygen atoms in total. The second-order valence-electron chi connectivity index (χ2n) is 5.56. The molecule has 5 heteroatoms. The molecule has 1 unspecified atom stereocenters. The van der Waals surface area contributed by atoms with Gasteiger partial charge in [-0.1, -0.05) is 19.1 Å². The molecule has 0 aliphatic heterocycles. The normalized spacial score (nSPS) is 12.1. The molecular formula is C18H24N2O2S. The zero-order valence-electron chi connectivity index (χ0n) is 13.5. The summed E-state index contributed by atoms with van der Waals surface area (Å²) in [5, 5.41) is 11.7. The van der Waals surface area contributed by atoms with Gasteiger partial charge in [0.15, 0.2) is 0 Å². The molecule has 0 aliphatic rings. The SMILES string of the molecule is CCC(CO)N(Cc1cccnc1)C(=O)CCCc1cccs1. The van der Waals surface area contributed by atoms with Gasteiger partial charge in [-0.25, -0.2) is 0 Å². The molecule has 1 amide bonds. The minimum Gasteiger partial charge on any atom is -0.394 e. The van der Waals surface area contributed by atoms with E-state index in [4.69, 9.17) is 0 Å². The molecule has 2 aromatic heterocycles. The molecule has 1 atom stereocenters. The van der Waals surface area contributed by atoms with Gasteiger partial charge in [0.2, 0.25) is 5.91 Å². The molecule has 1 N–H and O–H groups in total. The number of aryl methyl sites for hydroxylation is 1. The lowest BCUT2D eigenvalue weighted by atomic mass is 10.1. The number of aromatic nitrogens is 1. The van der Waals surface area contributed by atoms with Gasteiger partial charge in [-0.2, -0.15) is 0 Å². The lowest BCUT2D eigenvalue weighted by Gasteiger charge is -2.30. The molecule has 0 aliphatic carbocycles. The van der Waals surface area contributed by atoms with E-state index in [0.717, 1.165) is 24.8 Å². The lowest BCUT2D eigenvalue weighted by molar-refractivity contribution is -0.135. The third-order valence-electron chi connectivity index (χ3n) is 3.91. The Hall–Kier alpha value is -1.72. The third-order valence-corrected chi connectivity index (χ3v) is 4.85. The van der Waals surface area contributed by atoms with Crippen LogP contribution in [0.15, 0.2) is 42.0 Å². The van der Waals surface area contributed by atoms with Crippen molar-refractivity contribution in [2.24, 2.45) is 0 Å². The number of rotatable bonds is 9. The second-order valence-corrected chi connectivity index (χ2v) is 6.59. The summed E-state index contributed by atoms with van der Waals surface area (Å²) in [4.78, 5) is 19.8. The van der Waals surface area contributed by atoms with Crippen molar-refractivity contribution in [3.63, 3.8) is 0 Å². The fraction of sp³-hybridized carbons (Fsp3) is 0.444. The van der Waals surface area contributed by atoms with E-state index in [1.165, 1.54) is 4.88 Å². The monoisotopic (exact) mass is 332 g/mol. The Balaban J connectivity index is 1.96. The minimum absolute atomic E-state index is 0.00652. The molecule has 0 radical (unpaired) electrons. The number of carbonyl (C=O) groups is 1. The summed E-state index contributed by atoms with van der Waals surface area (Å²) in [7, 11) is 0. The fourth-order valence-corrected chi connectivity index (χ4v) is 3.32. The average molecular weight is 332 g/mol. The smallest absolute Gasteiger partial charge is 0.223 e. The van der Waals surface area contributed by atoms with Gasteiger partial charge in [0.25, 0.3) is 0 Å². The van der Waals surface area contributed by atoms with Crippen LogP contribution in [0, 0.1) is 0 Å². The highest BCUT2D eigenvalue weighted by atomic mass is 32.1. The number of thiophene rings is 1. The first-order valence-corrected chi connectivity index (χ1v) is 8.94. The molecule has 2 aromatic rings. The molecular weight excluding hydrogens is 308 g/mol. The van der Waals surface area contributed by atoms with Crippen LogP contribution in [-0.4, -0.2) is 33.5 Å². The first kappa shape index (κ1) is 17.6. The van der Waals surface area contributed by atoms with Crippen LogP contribution < -0.4 is 0 Å². The topological polar surface area (TPSA) is 53.4 Å². The second kappa shape index (κ2) is 9.43. The Morgan fingerprint density at radius 3 is 2.87 bits per heavy atom. The van der Waals surface area contributed by atoms with Crippen LogP contribution >= 0.6 is 11.3 Å². The number of amides is 1. The maximum Gasteiger partial charge on any atom is 0.223 e. The minimum atomic E-state index is -0.135. The van der Waals surface area contributed by atoms with Crippen LogP contribution in [0.3, 0.4) is 0 Å². The number of hydrogen-bond donors (Lipinski definition) is 1. The molecule has 0 spiro atoms. The van der Waals surface area contributed by atoms with Crippen molar-refractivity contribution < 1.29 is 9.90 Å². The highest BCUT2D eigenvalue weighted by Crippen LogP contribution is 2.16. The summed E-state index contributed by atoms with van der Waals surface area (Å²) < 4.78 is 0. The summed E-state index contributed by atoms with van der Waals surface area (Å²) in [6.07, 6.45) is 6.52. The van der Waals surface area contributed by atoms with Crippen molar-refractivity contribution in [1.82, 2.24) is 9.88 Å².